The van der Waals surface area contributed by atoms with Crippen molar-refractivity contribution in [3.8, 4) is 0 Å². The summed E-state index contributed by atoms with van der Waals surface area (Å²) in [6, 6.07) is 4.10. The van der Waals surface area contributed by atoms with Gasteiger partial charge in [0.1, 0.15) is 16.7 Å². The summed E-state index contributed by atoms with van der Waals surface area (Å²) in [4.78, 5) is 25.2. The number of nitrogen functional groups attached to an aromatic ring is 1. The molecule has 0 aromatic carbocycles. The van der Waals surface area contributed by atoms with Crippen LogP contribution in [0, 0.1) is 18.8 Å². The number of carbonyl (C=O) groups excluding carboxylic acids is 1. The summed E-state index contributed by atoms with van der Waals surface area (Å²) < 4.78 is 58.2. The van der Waals surface area contributed by atoms with E-state index in [9.17, 15) is 22.0 Å². The van der Waals surface area contributed by atoms with E-state index in [1.165, 1.54) is 0 Å². The zero-order valence-corrected chi connectivity index (χ0v) is 24.5. The molecular weight excluding hydrogens is 580 g/mol. The van der Waals surface area contributed by atoms with Gasteiger partial charge in [0.15, 0.2) is 0 Å². The van der Waals surface area contributed by atoms with Gasteiger partial charge < -0.3 is 25.3 Å². The summed E-state index contributed by atoms with van der Waals surface area (Å²) in [6.45, 7) is 11.5. The number of hydrogen-bond acceptors (Lipinski definition) is 8. The van der Waals surface area contributed by atoms with E-state index in [1.807, 2.05) is 6.07 Å². The molecule has 0 spiro atoms. The second-order valence-corrected chi connectivity index (χ2v) is 10.6. The molecule has 0 radical (unpaired) electrons. The Bertz CT molecular complexity index is 1030. The van der Waals surface area contributed by atoms with Crippen molar-refractivity contribution in [3.63, 3.8) is 0 Å². The monoisotopic (exact) mass is 613 g/mol. The number of aryl methyl sites for hydroxylation is 1. The van der Waals surface area contributed by atoms with E-state index in [-0.39, 0.29) is 21.8 Å². The van der Waals surface area contributed by atoms with Gasteiger partial charge in [-0.15, -0.1) is 0 Å². The molecule has 8 nitrogen and oxygen atoms in total. The summed E-state index contributed by atoms with van der Waals surface area (Å²) in [5, 5.41) is 0.0195. The van der Waals surface area contributed by atoms with Crippen molar-refractivity contribution in [1.82, 2.24) is 19.8 Å². The standard InChI is InChI=1S/C12H17ClFN3.C11H16ClFN4.C2HF3O/c1-8-6-10(15-12(14)11(8)13)17-5-4-16(3)7-9(17)2;1-7-6-16(2)3-4-17(7)9-5-8(14)10(12)11(13)15-9;3-2(4,5)1-6/h6,9H,4-5,7H2,1-3H3;5,7H,3-4,6H2,1-2H3,(H2,14,15);1H/t9-;7-;/m00./s1. The maximum absolute atomic E-state index is 13.5. The Hall–Kier alpha value is -2.48. The first-order valence-electron chi connectivity index (χ1n) is 12.4. The normalized spacial score (nSPS) is 20.3. The largest absolute Gasteiger partial charge is 0.446 e. The first-order valence-corrected chi connectivity index (χ1v) is 13.2. The van der Waals surface area contributed by atoms with E-state index in [2.05, 4.69) is 57.5 Å². The summed E-state index contributed by atoms with van der Waals surface area (Å²) >= 11 is 11.4. The van der Waals surface area contributed by atoms with Gasteiger partial charge in [0.05, 0.1) is 10.7 Å². The number of nitrogens with two attached hydrogens (primary N) is 1. The molecule has 2 fully saturated rings. The van der Waals surface area contributed by atoms with Gasteiger partial charge in [-0.3, -0.25) is 4.79 Å². The molecule has 0 unspecified atom stereocenters. The fourth-order valence-electron chi connectivity index (χ4n) is 4.36. The fraction of sp³-hybridized carbons (Fsp3) is 0.560. The molecule has 2 aromatic heterocycles. The van der Waals surface area contributed by atoms with Gasteiger partial charge in [-0.05, 0) is 46.5 Å². The topological polar surface area (TPSA) is 81.8 Å². The molecule has 40 heavy (non-hydrogen) atoms. The Morgan fingerprint density at radius 1 is 0.875 bits per heavy atom. The number of anilines is 3. The maximum atomic E-state index is 13.5. The van der Waals surface area contributed by atoms with Gasteiger partial charge in [0, 0.05) is 57.4 Å². The van der Waals surface area contributed by atoms with Crippen molar-refractivity contribution in [1.29, 1.82) is 0 Å². The number of halogens is 7. The lowest BCUT2D eigenvalue weighted by Crippen LogP contribution is -2.50. The molecule has 0 bridgehead atoms. The predicted octanol–water partition coefficient (Wildman–Crippen LogP) is 4.67. The van der Waals surface area contributed by atoms with Crippen LogP contribution in [0.25, 0.3) is 0 Å². The number of likely N-dealkylation sites (N-methyl/N-ethyl adjacent to an activating group) is 2. The minimum absolute atomic E-state index is 0.101. The van der Waals surface area contributed by atoms with E-state index in [4.69, 9.17) is 33.7 Å². The molecule has 0 saturated carbocycles. The van der Waals surface area contributed by atoms with Crippen LogP contribution in [0.5, 0.6) is 0 Å². The molecule has 2 aliphatic heterocycles. The highest BCUT2D eigenvalue weighted by atomic mass is 35.5. The Balaban J connectivity index is 0.000000234. The van der Waals surface area contributed by atoms with Crippen molar-refractivity contribution in [3.05, 3.63) is 39.6 Å². The van der Waals surface area contributed by atoms with Crippen molar-refractivity contribution >= 4 is 46.8 Å². The lowest BCUT2D eigenvalue weighted by molar-refractivity contribution is -0.156. The van der Waals surface area contributed by atoms with E-state index in [1.54, 1.807) is 13.0 Å². The molecule has 2 N–H and O–H groups in total. The van der Waals surface area contributed by atoms with Gasteiger partial charge in [-0.25, -0.2) is 9.97 Å². The van der Waals surface area contributed by atoms with Crippen molar-refractivity contribution in [2.45, 2.75) is 39.0 Å². The number of aldehydes is 1. The van der Waals surface area contributed by atoms with E-state index >= 15 is 0 Å². The second-order valence-electron chi connectivity index (χ2n) is 9.85. The van der Waals surface area contributed by atoms with Gasteiger partial charge in [0.25, 0.3) is 0 Å². The number of alkyl halides is 3. The SMILES string of the molecule is C[C@H]1CN(C)CCN1c1cc(N)c(Cl)c(F)n1.Cc1cc(N2CCN(C)C[C@@H]2C)nc(F)c1Cl.O=CC(F)(F)F. The Labute approximate surface area is 240 Å². The van der Waals surface area contributed by atoms with Gasteiger partial charge in [0.2, 0.25) is 18.2 Å². The minimum Gasteiger partial charge on any atom is -0.397 e. The Morgan fingerprint density at radius 2 is 1.27 bits per heavy atom. The summed E-state index contributed by atoms with van der Waals surface area (Å²) in [5.41, 5.74) is 6.62. The lowest BCUT2D eigenvalue weighted by atomic mass is 10.2. The first kappa shape index (κ1) is 33.7. The average molecular weight is 614 g/mol. The zero-order chi connectivity index (χ0) is 30.4. The quantitative estimate of drug-likeness (QED) is 0.297. The molecule has 2 aliphatic rings. The molecular formula is C25H34Cl2F5N7O. The van der Waals surface area contributed by atoms with Gasteiger partial charge in [-0.1, -0.05) is 23.2 Å². The molecule has 2 saturated heterocycles. The smallest absolute Gasteiger partial charge is 0.397 e. The van der Waals surface area contributed by atoms with Gasteiger partial charge in [-0.2, -0.15) is 22.0 Å². The highest BCUT2D eigenvalue weighted by molar-refractivity contribution is 6.33. The molecule has 0 amide bonds. The van der Waals surface area contributed by atoms with Crippen LogP contribution in [-0.4, -0.2) is 97.7 Å². The predicted molar refractivity (Wildman–Crippen MR) is 148 cm³/mol. The second kappa shape index (κ2) is 14.4. The number of hydrogen-bond donors (Lipinski definition) is 1. The fourth-order valence-corrected chi connectivity index (χ4v) is 4.55. The van der Waals surface area contributed by atoms with Crippen LogP contribution in [0.15, 0.2) is 12.1 Å². The third kappa shape index (κ3) is 9.57. The molecule has 4 heterocycles. The maximum Gasteiger partial charge on any atom is 0.446 e. The highest BCUT2D eigenvalue weighted by Crippen LogP contribution is 2.28. The van der Waals surface area contributed by atoms with E-state index < -0.39 is 24.4 Å². The minimum atomic E-state index is -4.64. The van der Waals surface area contributed by atoms with Gasteiger partial charge >= 0.3 is 6.18 Å². The Morgan fingerprint density at radius 3 is 1.62 bits per heavy atom. The van der Waals surface area contributed by atoms with Crippen molar-refractivity contribution in [2.75, 3.05) is 68.9 Å². The molecule has 2 atom stereocenters. The van der Waals surface area contributed by atoms with Crippen molar-refractivity contribution < 1.29 is 26.7 Å². The molecule has 224 valence electrons. The van der Waals surface area contributed by atoms with Crippen LogP contribution >= 0.6 is 23.2 Å². The van der Waals surface area contributed by atoms with E-state index in [0.717, 1.165) is 44.8 Å². The van der Waals surface area contributed by atoms with Crippen LogP contribution < -0.4 is 15.5 Å². The van der Waals surface area contributed by atoms with Crippen molar-refractivity contribution in [2.24, 2.45) is 0 Å². The summed E-state index contributed by atoms with van der Waals surface area (Å²) in [5.74, 6) is -0.0319. The Kier molecular flexibility index (Phi) is 12.2. The average Bonchev–Trinajstić information content (AvgIpc) is 2.85. The third-order valence-electron chi connectivity index (χ3n) is 6.40. The number of pyridine rings is 2. The highest BCUT2D eigenvalue weighted by Gasteiger charge is 2.26. The molecule has 0 aliphatic carbocycles. The van der Waals surface area contributed by atoms with Crippen LogP contribution in [0.2, 0.25) is 10.0 Å². The number of rotatable bonds is 2. The van der Waals surface area contributed by atoms with Crippen LogP contribution in [0.1, 0.15) is 19.4 Å². The van der Waals surface area contributed by atoms with Crippen LogP contribution in [-0.2, 0) is 4.79 Å². The third-order valence-corrected chi connectivity index (χ3v) is 7.23. The van der Waals surface area contributed by atoms with Crippen LogP contribution in [0.4, 0.5) is 39.3 Å². The molecule has 4 rings (SSSR count). The number of carbonyl (C=O) groups is 1. The number of piperazine rings is 2. The number of aromatic nitrogens is 2. The zero-order valence-electron chi connectivity index (χ0n) is 22.9. The van der Waals surface area contributed by atoms with E-state index in [0.29, 0.717) is 17.7 Å². The summed E-state index contributed by atoms with van der Waals surface area (Å²) in [6.07, 6.45) is -5.70. The lowest BCUT2D eigenvalue weighted by Gasteiger charge is -2.39. The summed E-state index contributed by atoms with van der Waals surface area (Å²) in [7, 11) is 4.16. The molecule has 2 aromatic rings. The van der Waals surface area contributed by atoms with Crippen LogP contribution in [0.3, 0.4) is 0 Å². The number of nitrogens with zero attached hydrogens (tertiary/aromatic N) is 6. The first-order chi connectivity index (χ1) is 18.5. The molecule has 15 heteroatoms.